The molecule has 0 amide bonds. The van der Waals surface area contributed by atoms with Gasteiger partial charge in [0.2, 0.25) is 0 Å². The van der Waals surface area contributed by atoms with Crippen molar-refractivity contribution in [3.05, 3.63) is 0 Å². The molecule has 0 aromatic carbocycles. The lowest BCUT2D eigenvalue weighted by Crippen LogP contribution is -2.45. The lowest BCUT2D eigenvalue weighted by Gasteiger charge is -2.40. The first-order valence-corrected chi connectivity index (χ1v) is 9.43. The molecule has 4 nitrogen and oxygen atoms in total. The second-order valence-electron chi connectivity index (χ2n) is 7.15. The third-order valence-electron chi connectivity index (χ3n) is 5.23. The summed E-state index contributed by atoms with van der Waals surface area (Å²) in [6.45, 7) is 10.2. The fraction of sp³-hybridized carbons (Fsp3) is 1.00. The maximum Gasteiger partial charge on any atom is 0.0628 e. The van der Waals surface area contributed by atoms with Gasteiger partial charge in [0.1, 0.15) is 0 Å². The van der Waals surface area contributed by atoms with Crippen LogP contribution < -0.4 is 0 Å². The van der Waals surface area contributed by atoms with Gasteiger partial charge >= 0.3 is 0 Å². The van der Waals surface area contributed by atoms with Gasteiger partial charge in [-0.2, -0.15) is 0 Å². The van der Waals surface area contributed by atoms with Crippen molar-refractivity contribution in [3.8, 4) is 0 Å². The summed E-state index contributed by atoms with van der Waals surface area (Å²) in [4.78, 5) is 5.12. The molecular weight excluding hydrogens is 276 g/mol. The zero-order valence-electron chi connectivity index (χ0n) is 14.8. The van der Waals surface area contributed by atoms with Crippen molar-refractivity contribution in [1.29, 1.82) is 0 Å². The van der Waals surface area contributed by atoms with Crippen molar-refractivity contribution in [2.45, 2.75) is 70.7 Å². The molecule has 0 aromatic rings. The fourth-order valence-corrected chi connectivity index (χ4v) is 3.94. The molecule has 1 atom stereocenters. The molecular formula is C18H36N2O2. The van der Waals surface area contributed by atoms with E-state index in [0.29, 0.717) is 12.2 Å². The average Bonchev–Trinajstić information content (AvgIpc) is 2.50. The quantitative estimate of drug-likeness (QED) is 0.864. The Morgan fingerprint density at radius 3 is 2.27 bits per heavy atom. The summed E-state index contributed by atoms with van der Waals surface area (Å²) in [5.74, 6) is 0.869. The topological polar surface area (TPSA) is 35.9 Å². The first-order chi connectivity index (χ1) is 10.7. The number of hydrogen-bond acceptors (Lipinski definition) is 4. The highest BCUT2D eigenvalue weighted by Crippen LogP contribution is 2.27. The molecule has 3 rings (SSSR count). The maximum atomic E-state index is 9.30. The molecule has 0 aromatic heterocycles. The second-order valence-corrected chi connectivity index (χ2v) is 7.15. The minimum atomic E-state index is -0.0941. The molecule has 4 heteroatoms. The summed E-state index contributed by atoms with van der Waals surface area (Å²) in [5.41, 5.74) is 0. The van der Waals surface area contributed by atoms with Crippen LogP contribution in [0, 0.1) is 5.92 Å². The summed E-state index contributed by atoms with van der Waals surface area (Å²) in [5, 5.41) is 9.30. The van der Waals surface area contributed by atoms with Crippen LogP contribution in [0.15, 0.2) is 0 Å². The lowest BCUT2D eigenvalue weighted by molar-refractivity contribution is -0.117. The molecule has 2 aliphatic heterocycles. The zero-order valence-corrected chi connectivity index (χ0v) is 14.8. The van der Waals surface area contributed by atoms with E-state index in [9.17, 15) is 5.11 Å². The Hall–Kier alpha value is -0.160. The van der Waals surface area contributed by atoms with E-state index in [4.69, 9.17) is 4.74 Å². The Labute approximate surface area is 136 Å². The highest BCUT2D eigenvalue weighted by molar-refractivity contribution is 4.83. The predicted octanol–water partition coefficient (Wildman–Crippen LogP) is 2.36. The van der Waals surface area contributed by atoms with Gasteiger partial charge in [-0.05, 0) is 58.0 Å². The number of aliphatic hydroxyl groups is 1. The van der Waals surface area contributed by atoms with E-state index >= 15 is 0 Å². The maximum absolute atomic E-state index is 9.30. The second kappa shape index (κ2) is 9.21. The van der Waals surface area contributed by atoms with Gasteiger partial charge in [-0.25, -0.2) is 0 Å². The van der Waals surface area contributed by atoms with E-state index in [1.54, 1.807) is 0 Å². The molecule has 0 radical (unpaired) electrons. The minimum absolute atomic E-state index is 0.0941. The Balaban J connectivity index is 0.000000847. The third kappa shape index (κ3) is 5.48. The monoisotopic (exact) mass is 312 g/mol. The number of nitrogens with zero attached hydrogens (tertiary/aromatic N) is 2. The number of hydrogen-bond donors (Lipinski definition) is 1. The van der Waals surface area contributed by atoms with Gasteiger partial charge < -0.3 is 19.6 Å². The number of likely N-dealkylation sites (tertiary alicyclic amines) is 2. The van der Waals surface area contributed by atoms with Gasteiger partial charge in [-0.1, -0.05) is 13.8 Å². The Morgan fingerprint density at radius 2 is 1.68 bits per heavy atom. The molecule has 2 heterocycles. The van der Waals surface area contributed by atoms with Crippen molar-refractivity contribution in [1.82, 2.24) is 9.80 Å². The molecule has 1 aliphatic carbocycles. The summed E-state index contributed by atoms with van der Waals surface area (Å²) in [6, 6.07) is 0. The van der Waals surface area contributed by atoms with Crippen molar-refractivity contribution in [3.63, 3.8) is 0 Å². The molecule has 0 bridgehead atoms. The number of rotatable bonds is 4. The third-order valence-corrected chi connectivity index (χ3v) is 5.23. The van der Waals surface area contributed by atoms with Crippen LogP contribution in [0.5, 0.6) is 0 Å². The van der Waals surface area contributed by atoms with Gasteiger partial charge in [0.15, 0.2) is 0 Å². The number of ether oxygens (including phenoxy) is 1. The van der Waals surface area contributed by atoms with Gasteiger partial charge in [0, 0.05) is 26.2 Å². The summed E-state index contributed by atoms with van der Waals surface area (Å²) >= 11 is 0. The van der Waals surface area contributed by atoms with Crippen LogP contribution in [0.3, 0.4) is 0 Å². The first-order valence-electron chi connectivity index (χ1n) is 9.43. The molecule has 130 valence electrons. The van der Waals surface area contributed by atoms with Crippen LogP contribution in [-0.2, 0) is 4.74 Å². The van der Waals surface area contributed by atoms with E-state index in [2.05, 4.69) is 16.8 Å². The van der Waals surface area contributed by atoms with E-state index in [1.165, 1.54) is 58.4 Å². The number of piperidine rings is 2. The molecule has 0 unspecified atom stereocenters. The molecule has 3 aliphatic rings. The van der Waals surface area contributed by atoms with Crippen molar-refractivity contribution >= 4 is 0 Å². The highest BCUT2D eigenvalue weighted by Gasteiger charge is 2.32. The highest BCUT2D eigenvalue weighted by atomic mass is 16.5. The van der Waals surface area contributed by atoms with Crippen LogP contribution in [0.1, 0.15) is 52.4 Å². The van der Waals surface area contributed by atoms with Crippen molar-refractivity contribution in [2.75, 3.05) is 39.8 Å². The summed E-state index contributed by atoms with van der Waals surface area (Å²) in [7, 11) is 2.25. The van der Waals surface area contributed by atoms with Crippen LogP contribution in [0.4, 0.5) is 0 Å². The molecule has 2 saturated heterocycles. The van der Waals surface area contributed by atoms with Crippen LogP contribution >= 0.6 is 0 Å². The van der Waals surface area contributed by atoms with Gasteiger partial charge in [-0.15, -0.1) is 0 Å². The average molecular weight is 312 g/mol. The lowest BCUT2D eigenvalue weighted by atomic mass is 9.91. The van der Waals surface area contributed by atoms with E-state index in [1.807, 2.05) is 13.8 Å². The Kier molecular flexibility index (Phi) is 7.61. The predicted molar refractivity (Wildman–Crippen MR) is 91.1 cm³/mol. The fourth-order valence-electron chi connectivity index (χ4n) is 3.94. The zero-order chi connectivity index (χ0) is 15.9. The van der Waals surface area contributed by atoms with Crippen LogP contribution in [0.2, 0.25) is 0 Å². The largest absolute Gasteiger partial charge is 0.393 e. The summed E-state index contributed by atoms with van der Waals surface area (Å²) in [6.07, 6.45) is 7.52. The van der Waals surface area contributed by atoms with Gasteiger partial charge in [0.05, 0.1) is 18.3 Å². The van der Waals surface area contributed by atoms with E-state index < -0.39 is 0 Å². The SMILES string of the molecule is CC.CN1CCC[C@@H](CN2CCC(OC3CC(O)C3)CC2)C1. The van der Waals surface area contributed by atoms with Crippen LogP contribution in [-0.4, -0.2) is 73.0 Å². The van der Waals surface area contributed by atoms with E-state index in [0.717, 1.165) is 18.8 Å². The van der Waals surface area contributed by atoms with Gasteiger partial charge in [-0.3, -0.25) is 0 Å². The van der Waals surface area contributed by atoms with Crippen LogP contribution in [0.25, 0.3) is 0 Å². The molecule has 1 N–H and O–H groups in total. The normalized spacial score (nSPS) is 34.6. The molecule has 1 saturated carbocycles. The smallest absolute Gasteiger partial charge is 0.0628 e. The minimum Gasteiger partial charge on any atom is -0.393 e. The van der Waals surface area contributed by atoms with Crippen molar-refractivity contribution in [2.24, 2.45) is 5.92 Å². The van der Waals surface area contributed by atoms with E-state index in [-0.39, 0.29) is 6.10 Å². The van der Waals surface area contributed by atoms with Gasteiger partial charge in [0.25, 0.3) is 0 Å². The first kappa shape index (κ1) is 18.2. The summed E-state index contributed by atoms with van der Waals surface area (Å²) < 4.78 is 6.06. The van der Waals surface area contributed by atoms with Crippen molar-refractivity contribution < 1.29 is 9.84 Å². The number of aliphatic hydroxyl groups excluding tert-OH is 1. The Bertz CT molecular complexity index is 299. The standard InChI is InChI=1S/C16H30N2O2.C2H6/c1-17-6-2-3-13(11-17)12-18-7-4-15(5-8-18)20-16-9-14(19)10-16;1-2/h13-16,19H,2-12H2,1H3;1-2H3/t13-,14?,16?;/m1./s1. The molecule has 0 spiro atoms. The molecule has 22 heavy (non-hydrogen) atoms. The Morgan fingerprint density at radius 1 is 1.00 bits per heavy atom. The molecule has 3 fully saturated rings.